The first kappa shape index (κ1) is 27.0. The lowest BCUT2D eigenvalue weighted by molar-refractivity contribution is -0.138. The van der Waals surface area contributed by atoms with Crippen molar-refractivity contribution in [1.29, 1.82) is 0 Å². The van der Waals surface area contributed by atoms with Crippen LogP contribution in [0.5, 0.6) is 0 Å². The van der Waals surface area contributed by atoms with Gasteiger partial charge in [-0.2, -0.15) is 26.3 Å². The van der Waals surface area contributed by atoms with Crippen LogP contribution in [0, 0.1) is 0 Å². The van der Waals surface area contributed by atoms with Crippen LogP contribution in [0.25, 0.3) is 0 Å². The number of pyridine rings is 1. The Hall–Kier alpha value is -4.09. The number of alkyl halides is 6. The Morgan fingerprint density at radius 3 is 2.13 bits per heavy atom. The molecule has 1 N–H and O–H groups in total. The standard InChI is InChI=1S/C26H22F6N4O2/c27-25(28,29)18-8-6-17(7-9-18)24(38)36-13-3-12-35(14-15-36)22-11-10-19(16-33-22)34-23(37)20-4-1-2-5-21(20)26(30,31)32/h1-2,4-11,16H,3,12-15H2,(H,34,37). The van der Waals surface area contributed by atoms with Gasteiger partial charge in [-0.05, 0) is 55.0 Å². The molecular formula is C26H22F6N4O2. The molecule has 0 unspecified atom stereocenters. The van der Waals surface area contributed by atoms with Crippen LogP contribution in [0.4, 0.5) is 37.8 Å². The number of benzene rings is 2. The van der Waals surface area contributed by atoms with E-state index in [0.717, 1.165) is 36.4 Å². The van der Waals surface area contributed by atoms with Crippen LogP contribution in [0.15, 0.2) is 66.9 Å². The Kier molecular flexibility index (Phi) is 7.61. The second-order valence-electron chi connectivity index (χ2n) is 8.61. The van der Waals surface area contributed by atoms with Gasteiger partial charge in [0.05, 0.1) is 28.6 Å². The topological polar surface area (TPSA) is 65.5 Å². The zero-order valence-electron chi connectivity index (χ0n) is 19.8. The molecule has 4 rings (SSSR count). The van der Waals surface area contributed by atoms with E-state index in [1.807, 2.05) is 4.90 Å². The normalized spacial score (nSPS) is 14.7. The number of carbonyl (C=O) groups is 2. The van der Waals surface area contributed by atoms with E-state index in [9.17, 15) is 35.9 Å². The molecule has 0 aliphatic carbocycles. The fourth-order valence-electron chi connectivity index (χ4n) is 4.11. The number of carbonyl (C=O) groups excluding carboxylic acids is 2. The summed E-state index contributed by atoms with van der Waals surface area (Å²) in [6, 6.07) is 11.7. The third-order valence-corrected chi connectivity index (χ3v) is 6.05. The highest BCUT2D eigenvalue weighted by atomic mass is 19.4. The third kappa shape index (κ3) is 6.24. The molecule has 2 aromatic carbocycles. The van der Waals surface area contributed by atoms with Gasteiger partial charge < -0.3 is 15.1 Å². The first-order chi connectivity index (χ1) is 17.9. The van der Waals surface area contributed by atoms with Crippen molar-refractivity contribution in [2.45, 2.75) is 18.8 Å². The van der Waals surface area contributed by atoms with Gasteiger partial charge in [-0.25, -0.2) is 4.98 Å². The van der Waals surface area contributed by atoms with Gasteiger partial charge in [0.25, 0.3) is 11.8 Å². The van der Waals surface area contributed by atoms with E-state index < -0.39 is 35.0 Å². The van der Waals surface area contributed by atoms with Gasteiger partial charge in [0, 0.05) is 31.7 Å². The summed E-state index contributed by atoms with van der Waals surface area (Å²) < 4.78 is 78.0. The van der Waals surface area contributed by atoms with Crippen molar-refractivity contribution >= 4 is 23.3 Å². The monoisotopic (exact) mass is 536 g/mol. The molecule has 0 spiro atoms. The maximum atomic E-state index is 13.2. The van der Waals surface area contributed by atoms with Crippen molar-refractivity contribution in [3.8, 4) is 0 Å². The molecule has 2 heterocycles. The Morgan fingerprint density at radius 1 is 0.789 bits per heavy atom. The van der Waals surface area contributed by atoms with E-state index in [2.05, 4.69) is 10.3 Å². The van der Waals surface area contributed by atoms with Crippen molar-refractivity contribution in [1.82, 2.24) is 9.88 Å². The van der Waals surface area contributed by atoms with Crippen molar-refractivity contribution in [2.75, 3.05) is 36.4 Å². The maximum absolute atomic E-state index is 13.2. The number of hydrogen-bond donors (Lipinski definition) is 1. The molecule has 200 valence electrons. The lowest BCUT2D eigenvalue weighted by atomic mass is 10.1. The molecule has 38 heavy (non-hydrogen) atoms. The second-order valence-corrected chi connectivity index (χ2v) is 8.61. The summed E-state index contributed by atoms with van der Waals surface area (Å²) in [6.45, 7) is 1.68. The Morgan fingerprint density at radius 2 is 1.50 bits per heavy atom. The molecule has 6 nitrogen and oxygen atoms in total. The lowest BCUT2D eigenvalue weighted by Gasteiger charge is -2.23. The van der Waals surface area contributed by atoms with E-state index in [1.54, 1.807) is 11.0 Å². The molecule has 0 saturated carbocycles. The van der Waals surface area contributed by atoms with Gasteiger partial charge in [0.15, 0.2) is 0 Å². The largest absolute Gasteiger partial charge is 0.417 e. The Labute approximate surface area is 213 Å². The van der Waals surface area contributed by atoms with Crippen LogP contribution in [0.2, 0.25) is 0 Å². The summed E-state index contributed by atoms with van der Waals surface area (Å²) >= 11 is 0. The zero-order valence-corrected chi connectivity index (χ0v) is 19.8. The number of rotatable bonds is 4. The van der Waals surface area contributed by atoms with Crippen LogP contribution in [0.3, 0.4) is 0 Å². The van der Waals surface area contributed by atoms with Crippen LogP contribution in [-0.2, 0) is 12.4 Å². The third-order valence-electron chi connectivity index (χ3n) is 6.05. The number of nitrogens with one attached hydrogen (secondary N) is 1. The van der Waals surface area contributed by atoms with E-state index in [4.69, 9.17) is 0 Å². The number of nitrogens with zero attached hydrogens (tertiary/aromatic N) is 3. The minimum absolute atomic E-state index is 0.164. The molecule has 1 saturated heterocycles. The highest BCUT2D eigenvalue weighted by Crippen LogP contribution is 2.32. The fraction of sp³-hybridized carbons (Fsp3) is 0.269. The first-order valence-corrected chi connectivity index (χ1v) is 11.6. The van der Waals surface area contributed by atoms with Crippen molar-refractivity contribution in [3.63, 3.8) is 0 Å². The lowest BCUT2D eigenvalue weighted by Crippen LogP contribution is -2.35. The predicted molar refractivity (Wildman–Crippen MR) is 128 cm³/mol. The minimum atomic E-state index is -4.68. The number of hydrogen-bond acceptors (Lipinski definition) is 4. The summed E-state index contributed by atoms with van der Waals surface area (Å²) in [5.41, 5.74) is -2.00. The highest BCUT2D eigenvalue weighted by molar-refractivity contribution is 6.05. The summed E-state index contributed by atoms with van der Waals surface area (Å²) in [4.78, 5) is 33.0. The van der Waals surface area contributed by atoms with Gasteiger partial charge in [-0.1, -0.05) is 12.1 Å². The molecule has 12 heteroatoms. The van der Waals surface area contributed by atoms with Gasteiger partial charge in [-0.3, -0.25) is 9.59 Å². The van der Waals surface area contributed by atoms with Crippen LogP contribution in [-0.4, -0.2) is 47.9 Å². The molecule has 1 aliphatic heterocycles. The van der Waals surface area contributed by atoms with Gasteiger partial charge in [0.2, 0.25) is 0 Å². The number of amides is 2. The SMILES string of the molecule is O=C(Nc1ccc(N2CCCN(C(=O)c3ccc(C(F)(F)F)cc3)CC2)nc1)c1ccccc1C(F)(F)F. The molecule has 0 atom stereocenters. The molecule has 1 aromatic heterocycles. The number of halogens is 6. The summed E-state index contributed by atoms with van der Waals surface area (Å²) in [6.07, 6.45) is -7.24. The van der Waals surface area contributed by atoms with E-state index in [1.165, 1.54) is 24.4 Å². The Bertz CT molecular complexity index is 1290. The van der Waals surface area contributed by atoms with E-state index in [-0.39, 0.29) is 17.2 Å². The summed E-state index contributed by atoms with van der Waals surface area (Å²) in [7, 11) is 0. The summed E-state index contributed by atoms with van der Waals surface area (Å²) in [5.74, 6) is -0.743. The van der Waals surface area contributed by atoms with Crippen LogP contribution < -0.4 is 10.2 Å². The zero-order chi connectivity index (χ0) is 27.5. The van der Waals surface area contributed by atoms with Gasteiger partial charge >= 0.3 is 12.4 Å². The summed E-state index contributed by atoms with van der Waals surface area (Å²) in [5, 5.41) is 2.42. The molecule has 0 bridgehead atoms. The van der Waals surface area contributed by atoms with Crippen molar-refractivity contribution in [2.24, 2.45) is 0 Å². The quantitative estimate of drug-likeness (QED) is 0.433. The average Bonchev–Trinajstić information content (AvgIpc) is 3.14. The smallest absolute Gasteiger partial charge is 0.355 e. The minimum Gasteiger partial charge on any atom is -0.355 e. The van der Waals surface area contributed by atoms with Gasteiger partial charge in [0.1, 0.15) is 5.82 Å². The number of aromatic nitrogens is 1. The fourth-order valence-corrected chi connectivity index (χ4v) is 4.11. The Balaban J connectivity index is 1.38. The van der Waals surface area contributed by atoms with Crippen molar-refractivity contribution < 1.29 is 35.9 Å². The molecule has 3 aromatic rings. The number of anilines is 2. The second kappa shape index (κ2) is 10.7. The first-order valence-electron chi connectivity index (χ1n) is 11.6. The van der Waals surface area contributed by atoms with Crippen LogP contribution >= 0.6 is 0 Å². The average molecular weight is 536 g/mol. The van der Waals surface area contributed by atoms with E-state index in [0.29, 0.717) is 38.4 Å². The maximum Gasteiger partial charge on any atom is 0.417 e. The van der Waals surface area contributed by atoms with E-state index >= 15 is 0 Å². The highest BCUT2D eigenvalue weighted by Gasteiger charge is 2.35. The van der Waals surface area contributed by atoms with Gasteiger partial charge in [-0.15, -0.1) is 0 Å². The molecule has 1 fully saturated rings. The molecular weight excluding hydrogens is 514 g/mol. The molecule has 1 aliphatic rings. The molecule has 2 amide bonds. The van der Waals surface area contributed by atoms with Crippen molar-refractivity contribution in [3.05, 3.63) is 89.1 Å². The predicted octanol–water partition coefficient (Wildman–Crippen LogP) is 5.72. The molecule has 0 radical (unpaired) electrons. The van der Waals surface area contributed by atoms with Crippen LogP contribution in [0.1, 0.15) is 38.3 Å².